The zero-order valence-electron chi connectivity index (χ0n) is 11.8. The first-order chi connectivity index (χ1) is 10.5. The van der Waals surface area contributed by atoms with Crippen molar-refractivity contribution < 1.29 is 24.6 Å². The van der Waals surface area contributed by atoms with Crippen molar-refractivity contribution in [2.75, 3.05) is 0 Å². The first-order valence-electron chi connectivity index (χ1n) is 7.20. The second-order valence-electron chi connectivity index (χ2n) is 5.65. The van der Waals surface area contributed by atoms with Crippen LogP contribution in [-0.4, -0.2) is 32.9 Å². The first kappa shape index (κ1) is 14.4. The van der Waals surface area contributed by atoms with Crippen LogP contribution in [0.3, 0.4) is 0 Å². The number of carbonyl (C=O) groups excluding carboxylic acids is 3. The summed E-state index contributed by atoms with van der Waals surface area (Å²) in [6, 6.07) is 3.47. The molecule has 0 spiro atoms. The van der Waals surface area contributed by atoms with Crippen LogP contribution in [0.25, 0.3) is 0 Å². The molecule has 1 heterocycles. The number of hydrogen-bond acceptors (Lipinski definition) is 5. The number of hydrazine groups is 1. The largest absolute Gasteiger partial charge is 0.508 e. The maximum absolute atomic E-state index is 12.2. The van der Waals surface area contributed by atoms with Gasteiger partial charge in [0.1, 0.15) is 11.5 Å². The van der Waals surface area contributed by atoms with E-state index in [0.29, 0.717) is 12.8 Å². The highest BCUT2D eigenvalue weighted by molar-refractivity contribution is 6.08. The smallest absolute Gasteiger partial charge is 0.274 e. The van der Waals surface area contributed by atoms with Gasteiger partial charge in [0.15, 0.2) is 0 Å². The average molecular weight is 304 g/mol. The fraction of sp³-hybridized carbons (Fsp3) is 0.400. The van der Waals surface area contributed by atoms with Crippen LogP contribution in [-0.2, 0) is 9.59 Å². The second kappa shape index (κ2) is 5.32. The molecule has 3 amide bonds. The van der Waals surface area contributed by atoms with Crippen molar-refractivity contribution in [3.05, 3.63) is 23.8 Å². The minimum absolute atomic E-state index is 0.117. The Morgan fingerprint density at radius 1 is 1.09 bits per heavy atom. The summed E-state index contributed by atoms with van der Waals surface area (Å²) in [6.07, 6.45) is 3.12. The summed E-state index contributed by atoms with van der Waals surface area (Å²) in [4.78, 5) is 36.6. The van der Waals surface area contributed by atoms with Gasteiger partial charge < -0.3 is 10.2 Å². The van der Waals surface area contributed by atoms with Gasteiger partial charge in [-0.05, 0) is 25.0 Å². The lowest BCUT2D eigenvalue weighted by atomic mass is 9.81. The monoisotopic (exact) mass is 304 g/mol. The van der Waals surface area contributed by atoms with E-state index in [1.807, 2.05) is 0 Å². The maximum atomic E-state index is 12.2. The molecule has 1 aromatic carbocycles. The van der Waals surface area contributed by atoms with Crippen molar-refractivity contribution >= 4 is 17.7 Å². The molecule has 7 heteroatoms. The highest BCUT2D eigenvalue weighted by Gasteiger charge is 2.49. The van der Waals surface area contributed by atoms with Crippen LogP contribution >= 0.6 is 0 Å². The van der Waals surface area contributed by atoms with Gasteiger partial charge in [-0.3, -0.25) is 19.8 Å². The maximum Gasteiger partial charge on any atom is 0.274 e. The van der Waals surface area contributed by atoms with Crippen LogP contribution in [0.1, 0.15) is 36.0 Å². The number of nitrogens with zero attached hydrogens (tertiary/aromatic N) is 1. The number of phenols is 2. The van der Waals surface area contributed by atoms with Crippen LogP contribution in [0.15, 0.2) is 18.2 Å². The van der Waals surface area contributed by atoms with Gasteiger partial charge in [0.25, 0.3) is 17.7 Å². The van der Waals surface area contributed by atoms with Crippen molar-refractivity contribution in [2.45, 2.75) is 25.7 Å². The molecule has 3 rings (SSSR count). The minimum Gasteiger partial charge on any atom is -0.508 e. The third-order valence-electron chi connectivity index (χ3n) is 4.28. The Hall–Kier alpha value is -2.57. The van der Waals surface area contributed by atoms with E-state index in [1.54, 1.807) is 0 Å². The molecule has 0 aromatic heterocycles. The zero-order valence-corrected chi connectivity index (χ0v) is 11.8. The number of imide groups is 1. The van der Waals surface area contributed by atoms with Gasteiger partial charge in [0.2, 0.25) is 0 Å². The summed E-state index contributed by atoms with van der Waals surface area (Å²) in [5.41, 5.74) is 2.15. The Morgan fingerprint density at radius 2 is 1.68 bits per heavy atom. The average Bonchev–Trinajstić information content (AvgIpc) is 2.73. The normalized spacial score (nSPS) is 24.3. The molecule has 1 saturated carbocycles. The molecule has 1 aromatic rings. The molecule has 2 fully saturated rings. The van der Waals surface area contributed by atoms with Gasteiger partial charge in [-0.25, -0.2) is 0 Å². The Labute approximate surface area is 126 Å². The molecule has 2 aliphatic rings. The lowest BCUT2D eigenvalue weighted by Gasteiger charge is -2.19. The fourth-order valence-corrected chi connectivity index (χ4v) is 3.15. The molecule has 2 unspecified atom stereocenters. The van der Waals surface area contributed by atoms with Crippen LogP contribution < -0.4 is 5.43 Å². The predicted molar refractivity (Wildman–Crippen MR) is 74.5 cm³/mol. The predicted octanol–water partition coefficient (Wildman–Crippen LogP) is 0.918. The first-order valence-corrected chi connectivity index (χ1v) is 7.20. The van der Waals surface area contributed by atoms with E-state index in [2.05, 4.69) is 5.43 Å². The van der Waals surface area contributed by atoms with Crippen LogP contribution in [0.5, 0.6) is 11.5 Å². The van der Waals surface area contributed by atoms with Gasteiger partial charge in [-0.15, -0.1) is 0 Å². The van der Waals surface area contributed by atoms with Gasteiger partial charge in [-0.1, -0.05) is 12.8 Å². The molecular weight excluding hydrogens is 288 g/mol. The van der Waals surface area contributed by atoms with Gasteiger partial charge >= 0.3 is 0 Å². The molecule has 22 heavy (non-hydrogen) atoms. The number of fused-ring (bicyclic) bond motifs is 1. The highest BCUT2D eigenvalue weighted by Crippen LogP contribution is 2.37. The van der Waals surface area contributed by atoms with Crippen molar-refractivity contribution in [1.82, 2.24) is 10.4 Å². The van der Waals surface area contributed by atoms with E-state index in [-0.39, 0.29) is 35.0 Å². The van der Waals surface area contributed by atoms with E-state index in [9.17, 15) is 24.6 Å². The number of nitrogens with one attached hydrogen (secondary N) is 1. The number of aromatic hydroxyl groups is 2. The van der Waals surface area contributed by atoms with Crippen molar-refractivity contribution in [2.24, 2.45) is 11.8 Å². The molecule has 0 bridgehead atoms. The number of phenolic OH excluding ortho intramolecular Hbond substituents is 2. The van der Waals surface area contributed by atoms with E-state index in [4.69, 9.17) is 0 Å². The molecular formula is C15H16N2O5. The lowest BCUT2D eigenvalue weighted by molar-refractivity contribution is -0.142. The Morgan fingerprint density at radius 3 is 2.23 bits per heavy atom. The Balaban J connectivity index is 1.79. The van der Waals surface area contributed by atoms with Gasteiger partial charge in [0.05, 0.1) is 17.4 Å². The third-order valence-corrected chi connectivity index (χ3v) is 4.28. The second-order valence-corrected chi connectivity index (χ2v) is 5.65. The number of carbonyl (C=O) groups is 3. The Bertz CT molecular complexity index is 633. The molecule has 0 radical (unpaired) electrons. The molecule has 7 nitrogen and oxygen atoms in total. The zero-order chi connectivity index (χ0) is 15.9. The SMILES string of the molecule is O=C(NN1C(=O)C2CCCCC2C1=O)c1ccc(O)cc1O. The molecule has 3 N–H and O–H groups in total. The van der Waals surface area contributed by atoms with Gasteiger partial charge in [0, 0.05) is 6.07 Å². The van der Waals surface area contributed by atoms with Crippen molar-refractivity contribution in [3.8, 4) is 11.5 Å². The number of rotatable bonds is 2. The summed E-state index contributed by atoms with van der Waals surface area (Å²) in [5, 5.41) is 19.7. The molecule has 1 saturated heterocycles. The van der Waals surface area contributed by atoms with Crippen LogP contribution in [0, 0.1) is 11.8 Å². The molecule has 1 aliphatic carbocycles. The van der Waals surface area contributed by atoms with Crippen LogP contribution in [0.2, 0.25) is 0 Å². The molecule has 1 aliphatic heterocycles. The Kier molecular flexibility index (Phi) is 3.48. The molecule has 116 valence electrons. The number of amides is 3. The fourth-order valence-electron chi connectivity index (χ4n) is 3.15. The summed E-state index contributed by atoms with van der Waals surface area (Å²) in [6.45, 7) is 0. The summed E-state index contributed by atoms with van der Waals surface area (Å²) in [5.74, 6) is -2.85. The van der Waals surface area contributed by atoms with E-state index in [1.165, 1.54) is 12.1 Å². The van der Waals surface area contributed by atoms with E-state index < -0.39 is 11.7 Å². The third kappa shape index (κ3) is 2.28. The number of hydrogen-bond donors (Lipinski definition) is 3. The quantitative estimate of drug-likeness (QED) is 0.704. The van der Waals surface area contributed by atoms with Crippen molar-refractivity contribution in [3.63, 3.8) is 0 Å². The summed E-state index contributed by atoms with van der Waals surface area (Å²) in [7, 11) is 0. The summed E-state index contributed by atoms with van der Waals surface area (Å²) < 4.78 is 0. The highest BCUT2D eigenvalue weighted by atomic mass is 16.3. The topological polar surface area (TPSA) is 107 Å². The van der Waals surface area contributed by atoms with E-state index >= 15 is 0 Å². The van der Waals surface area contributed by atoms with E-state index in [0.717, 1.165) is 23.9 Å². The van der Waals surface area contributed by atoms with Crippen molar-refractivity contribution in [1.29, 1.82) is 0 Å². The standard InChI is InChI=1S/C15H16N2O5/c18-8-5-6-11(12(19)7-8)13(20)16-17-14(21)9-3-1-2-4-10(9)15(17)22/h5-7,9-10,18-19H,1-4H2,(H,16,20). The lowest BCUT2D eigenvalue weighted by Crippen LogP contribution is -2.46. The molecule has 2 atom stereocenters. The number of benzene rings is 1. The minimum atomic E-state index is -0.766. The van der Waals surface area contributed by atoms with Gasteiger partial charge in [-0.2, -0.15) is 5.01 Å². The summed E-state index contributed by atoms with van der Waals surface area (Å²) >= 11 is 0. The van der Waals surface area contributed by atoms with Crippen LogP contribution in [0.4, 0.5) is 0 Å².